The lowest BCUT2D eigenvalue weighted by Crippen LogP contribution is -2.29. The van der Waals surface area contributed by atoms with Gasteiger partial charge in [0, 0.05) is 25.2 Å². The highest BCUT2D eigenvalue weighted by atomic mass is 16.1. The van der Waals surface area contributed by atoms with E-state index in [4.69, 9.17) is 0 Å². The molecule has 0 saturated carbocycles. The van der Waals surface area contributed by atoms with Crippen molar-refractivity contribution in [1.29, 1.82) is 0 Å². The summed E-state index contributed by atoms with van der Waals surface area (Å²) in [5.41, 5.74) is 3.36. The molecule has 0 bridgehead atoms. The molecule has 1 heterocycles. The van der Waals surface area contributed by atoms with Gasteiger partial charge in [0.15, 0.2) is 0 Å². The molecule has 100 valence electrons. The van der Waals surface area contributed by atoms with Gasteiger partial charge < -0.3 is 10.6 Å². The Morgan fingerprint density at radius 3 is 3.00 bits per heavy atom. The lowest BCUT2D eigenvalue weighted by atomic mass is 9.94. The van der Waals surface area contributed by atoms with E-state index in [1.807, 2.05) is 12.1 Å². The molecule has 0 radical (unpaired) electrons. The van der Waals surface area contributed by atoms with E-state index in [0.717, 1.165) is 38.0 Å². The zero-order chi connectivity index (χ0) is 13.1. The van der Waals surface area contributed by atoms with Crippen LogP contribution in [0.1, 0.15) is 40.7 Å². The number of carbonyl (C=O) groups is 1. The van der Waals surface area contributed by atoms with E-state index < -0.39 is 0 Å². The molecular weight excluding hydrogens is 236 g/mol. The highest BCUT2D eigenvalue weighted by Crippen LogP contribution is 2.18. The van der Waals surface area contributed by atoms with Gasteiger partial charge >= 0.3 is 0 Å². The fourth-order valence-corrected chi connectivity index (χ4v) is 2.82. The SMILES string of the molecule is O=C(NCC1CC=CCC1)c1ccc2c(c1)CNC2. The third-order valence-electron chi connectivity index (χ3n) is 4.03. The van der Waals surface area contributed by atoms with Crippen molar-refractivity contribution in [2.45, 2.75) is 32.4 Å². The van der Waals surface area contributed by atoms with Gasteiger partial charge in [-0.2, -0.15) is 0 Å². The average molecular weight is 256 g/mol. The van der Waals surface area contributed by atoms with Crippen LogP contribution in [0.25, 0.3) is 0 Å². The third kappa shape index (κ3) is 2.87. The van der Waals surface area contributed by atoms with Crippen molar-refractivity contribution >= 4 is 5.91 Å². The number of carbonyl (C=O) groups excluding carboxylic acids is 1. The smallest absolute Gasteiger partial charge is 0.251 e. The quantitative estimate of drug-likeness (QED) is 0.815. The zero-order valence-electron chi connectivity index (χ0n) is 11.1. The molecule has 1 atom stereocenters. The second-order valence-corrected chi connectivity index (χ2v) is 5.45. The number of allylic oxidation sites excluding steroid dienone is 2. The first kappa shape index (κ1) is 12.4. The van der Waals surface area contributed by atoms with Crippen LogP contribution in [0.15, 0.2) is 30.4 Å². The van der Waals surface area contributed by atoms with Gasteiger partial charge in [-0.15, -0.1) is 0 Å². The number of rotatable bonds is 3. The molecule has 1 aromatic carbocycles. The molecule has 1 amide bonds. The summed E-state index contributed by atoms with van der Waals surface area (Å²) in [6.07, 6.45) is 7.87. The molecule has 0 fully saturated rings. The maximum Gasteiger partial charge on any atom is 0.251 e. The van der Waals surface area contributed by atoms with E-state index in [-0.39, 0.29) is 5.91 Å². The number of benzene rings is 1. The minimum atomic E-state index is 0.0595. The van der Waals surface area contributed by atoms with Gasteiger partial charge in [0.2, 0.25) is 0 Å². The van der Waals surface area contributed by atoms with Gasteiger partial charge in [-0.25, -0.2) is 0 Å². The first-order valence-corrected chi connectivity index (χ1v) is 7.08. The van der Waals surface area contributed by atoms with Crippen LogP contribution in [0.2, 0.25) is 0 Å². The number of amides is 1. The van der Waals surface area contributed by atoms with Gasteiger partial charge in [-0.3, -0.25) is 4.79 Å². The van der Waals surface area contributed by atoms with E-state index in [1.165, 1.54) is 17.5 Å². The van der Waals surface area contributed by atoms with Crippen LogP contribution in [-0.2, 0) is 13.1 Å². The Balaban J connectivity index is 1.59. The first-order chi connectivity index (χ1) is 9.33. The van der Waals surface area contributed by atoms with Gasteiger partial charge in [0.05, 0.1) is 0 Å². The van der Waals surface area contributed by atoms with Gasteiger partial charge in [-0.1, -0.05) is 18.2 Å². The van der Waals surface area contributed by atoms with Crippen LogP contribution in [0.3, 0.4) is 0 Å². The molecule has 3 rings (SSSR count). The molecule has 1 aromatic rings. The molecular formula is C16H20N2O. The Morgan fingerprint density at radius 1 is 1.26 bits per heavy atom. The topological polar surface area (TPSA) is 41.1 Å². The summed E-state index contributed by atoms with van der Waals surface area (Å²) in [5, 5.41) is 6.36. The van der Waals surface area contributed by atoms with Crippen molar-refractivity contribution < 1.29 is 4.79 Å². The predicted molar refractivity (Wildman–Crippen MR) is 75.8 cm³/mol. The summed E-state index contributed by atoms with van der Waals surface area (Å²) < 4.78 is 0. The van der Waals surface area contributed by atoms with E-state index in [2.05, 4.69) is 28.9 Å². The highest BCUT2D eigenvalue weighted by Gasteiger charge is 2.15. The van der Waals surface area contributed by atoms with E-state index >= 15 is 0 Å². The normalized spacial score (nSPS) is 21.2. The van der Waals surface area contributed by atoms with Crippen LogP contribution >= 0.6 is 0 Å². The Morgan fingerprint density at radius 2 is 2.16 bits per heavy atom. The van der Waals surface area contributed by atoms with Gasteiger partial charge in [0.1, 0.15) is 0 Å². The largest absolute Gasteiger partial charge is 0.352 e. The molecule has 3 heteroatoms. The third-order valence-corrected chi connectivity index (χ3v) is 4.03. The molecule has 1 unspecified atom stereocenters. The average Bonchev–Trinajstić information content (AvgIpc) is 2.93. The Bertz CT molecular complexity index is 507. The molecule has 0 spiro atoms. The number of fused-ring (bicyclic) bond motifs is 1. The lowest BCUT2D eigenvalue weighted by Gasteiger charge is -2.18. The van der Waals surface area contributed by atoms with Gasteiger partial charge in [0.25, 0.3) is 5.91 Å². The monoisotopic (exact) mass is 256 g/mol. The summed E-state index contributed by atoms with van der Waals surface area (Å²) >= 11 is 0. The minimum Gasteiger partial charge on any atom is -0.352 e. The van der Waals surface area contributed by atoms with Crippen molar-refractivity contribution in [3.63, 3.8) is 0 Å². The summed E-state index contributed by atoms with van der Waals surface area (Å²) in [5.74, 6) is 0.661. The van der Waals surface area contributed by atoms with Crippen molar-refractivity contribution in [2.24, 2.45) is 5.92 Å². The molecule has 1 aliphatic carbocycles. The number of nitrogens with one attached hydrogen (secondary N) is 2. The molecule has 0 saturated heterocycles. The fraction of sp³-hybridized carbons (Fsp3) is 0.438. The predicted octanol–water partition coefficient (Wildman–Crippen LogP) is 2.38. The van der Waals surface area contributed by atoms with Crippen molar-refractivity contribution in [2.75, 3.05) is 6.54 Å². The summed E-state index contributed by atoms with van der Waals surface area (Å²) in [4.78, 5) is 12.1. The highest BCUT2D eigenvalue weighted by molar-refractivity contribution is 5.94. The summed E-state index contributed by atoms with van der Waals surface area (Å²) in [6.45, 7) is 2.59. The molecule has 2 N–H and O–H groups in total. The fourth-order valence-electron chi connectivity index (χ4n) is 2.82. The van der Waals surface area contributed by atoms with Crippen LogP contribution in [0.4, 0.5) is 0 Å². The van der Waals surface area contributed by atoms with Crippen LogP contribution < -0.4 is 10.6 Å². The molecule has 0 aromatic heterocycles. The van der Waals surface area contributed by atoms with Crippen molar-refractivity contribution in [3.05, 3.63) is 47.0 Å². The van der Waals surface area contributed by atoms with Crippen molar-refractivity contribution in [1.82, 2.24) is 10.6 Å². The van der Waals surface area contributed by atoms with E-state index in [9.17, 15) is 4.79 Å². The first-order valence-electron chi connectivity index (χ1n) is 7.08. The van der Waals surface area contributed by atoms with Crippen LogP contribution in [0, 0.1) is 5.92 Å². The zero-order valence-corrected chi connectivity index (χ0v) is 11.1. The molecule has 3 nitrogen and oxygen atoms in total. The maximum atomic E-state index is 12.1. The van der Waals surface area contributed by atoms with E-state index in [1.54, 1.807) is 0 Å². The number of hydrogen-bond donors (Lipinski definition) is 2. The molecule has 2 aliphatic rings. The standard InChI is InChI=1S/C16H20N2O/c19-16(18-9-12-4-2-1-3-5-12)13-6-7-14-10-17-11-15(14)8-13/h1-2,6-8,12,17H,3-5,9-11H2,(H,18,19). The van der Waals surface area contributed by atoms with Crippen molar-refractivity contribution in [3.8, 4) is 0 Å². The van der Waals surface area contributed by atoms with Gasteiger partial charge in [-0.05, 0) is 48.4 Å². The van der Waals surface area contributed by atoms with Crippen LogP contribution in [0.5, 0.6) is 0 Å². The Labute approximate surface area is 114 Å². The summed E-state index contributed by atoms with van der Waals surface area (Å²) in [7, 11) is 0. The lowest BCUT2D eigenvalue weighted by molar-refractivity contribution is 0.0946. The van der Waals surface area contributed by atoms with E-state index in [0.29, 0.717) is 5.92 Å². The minimum absolute atomic E-state index is 0.0595. The van der Waals surface area contributed by atoms with Crippen LogP contribution in [-0.4, -0.2) is 12.5 Å². The molecule has 1 aliphatic heterocycles. The Hall–Kier alpha value is -1.61. The molecule has 19 heavy (non-hydrogen) atoms. The second-order valence-electron chi connectivity index (χ2n) is 5.45. The Kier molecular flexibility index (Phi) is 3.65. The maximum absolute atomic E-state index is 12.1. The summed E-state index contributed by atoms with van der Waals surface area (Å²) in [6, 6.07) is 6.01. The second kappa shape index (κ2) is 5.57. The number of hydrogen-bond acceptors (Lipinski definition) is 2.